The summed E-state index contributed by atoms with van der Waals surface area (Å²) < 4.78 is 52.1. The molecular formula is C33H32F3N5O3. The molecule has 4 aromatic rings. The number of carbonyl (C=O) groups excluding carboxylic acids is 1. The lowest BCUT2D eigenvalue weighted by Crippen LogP contribution is -2.65. The van der Waals surface area contributed by atoms with Gasteiger partial charge in [-0.3, -0.25) is 14.7 Å². The van der Waals surface area contributed by atoms with E-state index < -0.39 is 23.3 Å². The van der Waals surface area contributed by atoms with Gasteiger partial charge < -0.3 is 14.7 Å². The van der Waals surface area contributed by atoms with Gasteiger partial charge in [0.15, 0.2) is 5.82 Å². The molecule has 1 aliphatic carbocycles. The number of aromatic nitrogens is 3. The molecule has 0 radical (unpaired) electrons. The van der Waals surface area contributed by atoms with Gasteiger partial charge in [-0.1, -0.05) is 13.0 Å². The molecular weight excluding hydrogens is 571 g/mol. The third-order valence-corrected chi connectivity index (χ3v) is 10.3. The summed E-state index contributed by atoms with van der Waals surface area (Å²) in [6.45, 7) is 4.11. The molecule has 2 aromatic heterocycles. The molecule has 0 amide bonds. The minimum absolute atomic E-state index is 0.0302. The Labute approximate surface area is 251 Å². The number of aryl methyl sites for hydroxylation is 1. The van der Waals surface area contributed by atoms with Crippen molar-refractivity contribution in [3.63, 3.8) is 0 Å². The fourth-order valence-electron chi connectivity index (χ4n) is 7.94. The van der Waals surface area contributed by atoms with Crippen LogP contribution in [-0.2, 0) is 11.2 Å². The van der Waals surface area contributed by atoms with Crippen LogP contribution in [0.5, 0.6) is 11.8 Å². The largest absolute Gasteiger partial charge is 0.508 e. The van der Waals surface area contributed by atoms with Crippen LogP contribution < -0.4 is 9.64 Å². The van der Waals surface area contributed by atoms with Crippen LogP contribution in [0.4, 0.5) is 19.0 Å². The molecule has 2 aromatic carbocycles. The normalized spacial score (nSPS) is 24.2. The van der Waals surface area contributed by atoms with Gasteiger partial charge >= 0.3 is 6.01 Å². The van der Waals surface area contributed by atoms with Crippen molar-refractivity contribution in [2.24, 2.45) is 5.41 Å². The van der Waals surface area contributed by atoms with Crippen molar-refractivity contribution in [1.82, 2.24) is 19.9 Å². The van der Waals surface area contributed by atoms with E-state index in [1.54, 1.807) is 6.07 Å². The highest BCUT2D eigenvalue weighted by Gasteiger charge is 2.55. The molecule has 4 aliphatic rings. The number of rotatable bonds is 6. The van der Waals surface area contributed by atoms with Crippen molar-refractivity contribution in [3.05, 3.63) is 47.7 Å². The number of phenols is 1. The number of nitrogens with zero attached hydrogens (tertiary/aromatic N) is 5. The summed E-state index contributed by atoms with van der Waals surface area (Å²) in [7, 11) is 0. The SMILES string of the molecule is CCc1c(F)ccc2cc(O)cc(-c3ncc4c(N5CC6(CCC6=O)C5)nc(OC[C@@]56CCCN5C[C@H](F)C6)nc4c3F)c12. The number of Topliss-reactive ketones (excluding diaryl/α,β-unsaturated/α-hetero) is 1. The third-order valence-electron chi connectivity index (χ3n) is 10.3. The van der Waals surface area contributed by atoms with Gasteiger partial charge in [-0.15, -0.1) is 0 Å². The van der Waals surface area contributed by atoms with E-state index in [9.17, 15) is 18.7 Å². The van der Waals surface area contributed by atoms with Crippen molar-refractivity contribution in [2.75, 3.05) is 37.7 Å². The van der Waals surface area contributed by atoms with Gasteiger partial charge in [0.05, 0.1) is 16.3 Å². The Balaban J connectivity index is 1.25. The first-order valence-corrected chi connectivity index (χ1v) is 15.3. The number of carbonyl (C=O) groups is 1. The van der Waals surface area contributed by atoms with E-state index in [-0.39, 0.29) is 46.3 Å². The number of halogens is 3. The van der Waals surface area contributed by atoms with Crippen molar-refractivity contribution >= 4 is 33.3 Å². The maximum Gasteiger partial charge on any atom is 0.319 e. The average molecular weight is 604 g/mol. The second kappa shape index (κ2) is 9.76. The van der Waals surface area contributed by atoms with E-state index in [2.05, 4.69) is 19.9 Å². The second-order valence-electron chi connectivity index (χ2n) is 12.9. The van der Waals surface area contributed by atoms with Crippen molar-refractivity contribution in [1.29, 1.82) is 0 Å². The maximum absolute atomic E-state index is 16.7. The number of pyridine rings is 1. The van der Waals surface area contributed by atoms with Gasteiger partial charge in [0.25, 0.3) is 0 Å². The van der Waals surface area contributed by atoms with Gasteiger partial charge in [0.2, 0.25) is 0 Å². The second-order valence-corrected chi connectivity index (χ2v) is 12.9. The van der Waals surface area contributed by atoms with Gasteiger partial charge in [-0.05, 0) is 66.8 Å². The molecule has 5 heterocycles. The molecule has 11 heteroatoms. The van der Waals surface area contributed by atoms with E-state index in [1.807, 2.05) is 11.8 Å². The molecule has 1 spiro atoms. The highest BCUT2D eigenvalue weighted by Crippen LogP contribution is 2.48. The number of phenolic OH excluding ortho intramolecular Hbond substituents is 1. The van der Waals surface area contributed by atoms with E-state index in [0.29, 0.717) is 66.4 Å². The van der Waals surface area contributed by atoms with Crippen LogP contribution in [0.1, 0.15) is 44.6 Å². The van der Waals surface area contributed by atoms with Gasteiger partial charge in [0.1, 0.15) is 47.2 Å². The predicted molar refractivity (Wildman–Crippen MR) is 159 cm³/mol. The summed E-state index contributed by atoms with van der Waals surface area (Å²) in [6, 6.07) is 5.76. The van der Waals surface area contributed by atoms with Crippen LogP contribution in [0.15, 0.2) is 30.5 Å². The van der Waals surface area contributed by atoms with Crippen molar-refractivity contribution in [3.8, 4) is 23.0 Å². The van der Waals surface area contributed by atoms with Crippen LogP contribution in [0, 0.1) is 17.0 Å². The Morgan fingerprint density at radius 3 is 2.75 bits per heavy atom. The third kappa shape index (κ3) is 4.01. The minimum atomic E-state index is -0.926. The standard InChI is InChI=1S/C33H32F3N5O3/c1-2-21-24(35)5-4-18-10-20(42)11-22(26(18)21)28-27(36)29-23(13-37-28)30(40-15-32(16-40)8-6-25(32)43)39-31(38-29)44-17-33-7-3-9-41(33)14-19(34)12-33/h4-5,10-11,13,19,42H,2-3,6-9,12,14-17H2,1H3/t19-,33+/m1/s1. The molecule has 1 N–H and O–H groups in total. The Morgan fingerprint density at radius 1 is 1.16 bits per heavy atom. The molecule has 44 heavy (non-hydrogen) atoms. The van der Waals surface area contributed by atoms with Crippen molar-refractivity contribution < 1.29 is 27.8 Å². The number of hydrogen-bond donors (Lipinski definition) is 1. The number of hydrogen-bond acceptors (Lipinski definition) is 8. The highest BCUT2D eigenvalue weighted by molar-refractivity contribution is 6.02. The summed E-state index contributed by atoms with van der Waals surface area (Å²) in [5, 5.41) is 11.9. The number of fused-ring (bicyclic) bond motifs is 3. The molecule has 8 nitrogen and oxygen atoms in total. The van der Waals surface area contributed by atoms with Gasteiger partial charge in [-0.25, -0.2) is 13.2 Å². The summed E-state index contributed by atoms with van der Waals surface area (Å²) in [5.74, 6) is -0.630. The Bertz CT molecular complexity index is 1860. The topological polar surface area (TPSA) is 91.7 Å². The van der Waals surface area contributed by atoms with E-state index in [1.165, 1.54) is 24.4 Å². The lowest BCUT2D eigenvalue weighted by atomic mass is 9.62. The van der Waals surface area contributed by atoms with Crippen LogP contribution in [-0.4, -0.2) is 75.2 Å². The Morgan fingerprint density at radius 2 is 2.00 bits per heavy atom. The number of ether oxygens (including phenoxy) is 1. The zero-order valence-electron chi connectivity index (χ0n) is 24.4. The number of alkyl halides is 1. The smallest absolute Gasteiger partial charge is 0.319 e. The molecule has 3 saturated heterocycles. The quantitative estimate of drug-likeness (QED) is 0.308. The molecule has 8 rings (SSSR count). The lowest BCUT2D eigenvalue weighted by Gasteiger charge is -2.54. The molecule has 0 bridgehead atoms. The Kier molecular flexibility index (Phi) is 6.11. The molecule has 2 atom stereocenters. The summed E-state index contributed by atoms with van der Waals surface area (Å²) in [4.78, 5) is 30.1. The summed E-state index contributed by atoms with van der Waals surface area (Å²) in [6.07, 6.45) is 4.42. The number of ketones is 1. The van der Waals surface area contributed by atoms with E-state index in [0.717, 1.165) is 25.8 Å². The predicted octanol–water partition coefficient (Wildman–Crippen LogP) is 5.52. The first-order chi connectivity index (χ1) is 21.2. The first-order valence-electron chi connectivity index (χ1n) is 15.3. The lowest BCUT2D eigenvalue weighted by molar-refractivity contribution is -0.140. The van der Waals surface area contributed by atoms with Crippen molar-refractivity contribution in [2.45, 2.75) is 57.2 Å². The number of aromatic hydroxyl groups is 1. The average Bonchev–Trinajstić information content (AvgIpc) is 3.50. The first kappa shape index (κ1) is 27.6. The monoisotopic (exact) mass is 603 g/mol. The van der Waals surface area contributed by atoms with Gasteiger partial charge in [0, 0.05) is 44.2 Å². The zero-order chi connectivity index (χ0) is 30.4. The van der Waals surface area contributed by atoms with E-state index in [4.69, 9.17) is 4.74 Å². The van der Waals surface area contributed by atoms with Gasteiger partial charge in [-0.2, -0.15) is 9.97 Å². The fourth-order valence-corrected chi connectivity index (χ4v) is 7.94. The minimum Gasteiger partial charge on any atom is -0.508 e. The Hall–Kier alpha value is -3.99. The molecule has 4 fully saturated rings. The van der Waals surface area contributed by atoms with E-state index >= 15 is 4.39 Å². The fraction of sp³-hybridized carbons (Fsp3) is 0.455. The maximum atomic E-state index is 16.7. The summed E-state index contributed by atoms with van der Waals surface area (Å²) >= 11 is 0. The highest BCUT2D eigenvalue weighted by atomic mass is 19.1. The number of anilines is 1. The number of benzene rings is 2. The van der Waals surface area contributed by atoms with Crippen LogP contribution >= 0.6 is 0 Å². The molecule has 3 aliphatic heterocycles. The molecule has 228 valence electrons. The van der Waals surface area contributed by atoms with Crippen LogP contribution in [0.25, 0.3) is 32.9 Å². The van der Waals surface area contributed by atoms with Crippen LogP contribution in [0.3, 0.4) is 0 Å². The molecule has 0 unspecified atom stereocenters. The molecule has 1 saturated carbocycles. The van der Waals surface area contributed by atoms with Crippen LogP contribution in [0.2, 0.25) is 0 Å². The summed E-state index contributed by atoms with van der Waals surface area (Å²) in [5.41, 5.74) is -0.293. The zero-order valence-corrected chi connectivity index (χ0v) is 24.4.